The van der Waals surface area contributed by atoms with Gasteiger partial charge in [0.15, 0.2) is 5.78 Å². The van der Waals surface area contributed by atoms with E-state index in [0.717, 1.165) is 6.07 Å². The molecule has 1 heterocycles. The van der Waals surface area contributed by atoms with Crippen LogP contribution in [0.25, 0.3) is 0 Å². The van der Waals surface area contributed by atoms with Gasteiger partial charge in [0.1, 0.15) is 5.15 Å². The predicted molar refractivity (Wildman–Crippen MR) is 43.8 cm³/mol. The molecule has 12 heavy (non-hydrogen) atoms. The summed E-state index contributed by atoms with van der Waals surface area (Å²) in [4.78, 5) is 14.4. The Bertz CT molecular complexity index is 314. The Balaban J connectivity index is 3.09. The number of rotatable bonds is 2. The van der Waals surface area contributed by atoms with E-state index in [9.17, 15) is 9.18 Å². The molecular weight excluding hydrogens is 181 g/mol. The van der Waals surface area contributed by atoms with Gasteiger partial charge < -0.3 is 0 Å². The Labute approximate surface area is 74.4 Å². The van der Waals surface area contributed by atoms with Gasteiger partial charge in [-0.2, -0.15) is 4.39 Å². The van der Waals surface area contributed by atoms with Crippen LogP contribution in [0, 0.1) is 5.95 Å². The Morgan fingerprint density at radius 3 is 2.83 bits per heavy atom. The highest BCUT2D eigenvalue weighted by Gasteiger charge is 2.09. The molecule has 0 radical (unpaired) electrons. The quantitative estimate of drug-likeness (QED) is 0.526. The van der Waals surface area contributed by atoms with Crippen molar-refractivity contribution < 1.29 is 9.18 Å². The number of ketones is 1. The van der Waals surface area contributed by atoms with Crippen molar-refractivity contribution in [3.63, 3.8) is 0 Å². The molecule has 2 nitrogen and oxygen atoms in total. The molecule has 0 unspecified atom stereocenters. The first-order valence-corrected chi connectivity index (χ1v) is 3.88. The number of carbonyl (C=O) groups is 1. The molecule has 0 fully saturated rings. The molecule has 0 saturated heterocycles. The molecule has 1 aromatic heterocycles. The van der Waals surface area contributed by atoms with Crippen molar-refractivity contribution in [2.45, 2.75) is 13.3 Å². The largest absolute Gasteiger partial charge is 0.294 e. The fourth-order valence-corrected chi connectivity index (χ4v) is 1.06. The number of nitrogens with zero attached hydrogens (tertiary/aromatic N) is 1. The molecule has 0 amide bonds. The van der Waals surface area contributed by atoms with Gasteiger partial charge >= 0.3 is 0 Å². The van der Waals surface area contributed by atoms with Gasteiger partial charge in [-0.25, -0.2) is 4.98 Å². The highest BCUT2D eigenvalue weighted by molar-refractivity contribution is 6.32. The molecule has 0 aliphatic rings. The minimum absolute atomic E-state index is 0.0677. The number of hydrogen-bond donors (Lipinski definition) is 0. The molecular formula is C8H7ClFNO. The summed E-state index contributed by atoms with van der Waals surface area (Å²) in [5.41, 5.74) is 0.278. The van der Waals surface area contributed by atoms with E-state index in [1.54, 1.807) is 6.92 Å². The van der Waals surface area contributed by atoms with Crippen LogP contribution < -0.4 is 0 Å². The Kier molecular flexibility index (Phi) is 2.76. The number of Topliss-reactive ketones (excluding diaryl/α,β-unsaturated/α-hetero) is 1. The van der Waals surface area contributed by atoms with Crippen molar-refractivity contribution in [1.29, 1.82) is 0 Å². The Morgan fingerprint density at radius 2 is 2.33 bits per heavy atom. The molecule has 0 aliphatic carbocycles. The first-order valence-electron chi connectivity index (χ1n) is 3.50. The second-order valence-electron chi connectivity index (χ2n) is 2.25. The van der Waals surface area contributed by atoms with Crippen molar-refractivity contribution in [2.24, 2.45) is 0 Å². The van der Waals surface area contributed by atoms with E-state index in [2.05, 4.69) is 4.98 Å². The van der Waals surface area contributed by atoms with Gasteiger partial charge in [0.2, 0.25) is 5.95 Å². The second-order valence-corrected chi connectivity index (χ2v) is 2.61. The molecule has 4 heteroatoms. The summed E-state index contributed by atoms with van der Waals surface area (Å²) in [5.74, 6) is -0.805. The molecule has 0 atom stereocenters. The second kappa shape index (κ2) is 3.63. The fourth-order valence-electron chi connectivity index (χ4n) is 0.811. The van der Waals surface area contributed by atoms with Gasteiger partial charge in [-0.15, -0.1) is 0 Å². The van der Waals surface area contributed by atoms with Gasteiger partial charge in [-0.3, -0.25) is 4.79 Å². The average molecular weight is 188 g/mol. The SMILES string of the molecule is CCC(=O)c1ccc(F)nc1Cl. The summed E-state index contributed by atoms with van der Waals surface area (Å²) in [6.07, 6.45) is 0.340. The number of carbonyl (C=O) groups excluding carboxylic acids is 1. The van der Waals surface area contributed by atoms with E-state index in [1.165, 1.54) is 6.07 Å². The molecule has 1 rings (SSSR count). The Morgan fingerprint density at radius 1 is 1.67 bits per heavy atom. The zero-order chi connectivity index (χ0) is 9.14. The third-order valence-corrected chi connectivity index (χ3v) is 1.72. The summed E-state index contributed by atoms with van der Waals surface area (Å²) in [5, 5.41) is -0.0677. The summed E-state index contributed by atoms with van der Waals surface area (Å²) >= 11 is 5.53. The lowest BCUT2D eigenvalue weighted by Gasteiger charge is -1.98. The molecule has 1 aromatic rings. The lowest BCUT2D eigenvalue weighted by molar-refractivity contribution is 0.0988. The lowest BCUT2D eigenvalue weighted by Crippen LogP contribution is -1.99. The number of hydrogen-bond acceptors (Lipinski definition) is 2. The molecule has 0 bridgehead atoms. The smallest absolute Gasteiger partial charge is 0.214 e. The van der Waals surface area contributed by atoms with Crippen LogP contribution in [0.3, 0.4) is 0 Å². The Hall–Kier alpha value is -0.960. The van der Waals surface area contributed by atoms with Crippen LogP contribution in [0.5, 0.6) is 0 Å². The van der Waals surface area contributed by atoms with Crippen molar-refractivity contribution in [3.05, 3.63) is 28.8 Å². The molecule has 64 valence electrons. The zero-order valence-corrected chi connectivity index (χ0v) is 7.23. The normalized spacial score (nSPS) is 9.92. The van der Waals surface area contributed by atoms with E-state index < -0.39 is 5.95 Å². The topological polar surface area (TPSA) is 30.0 Å². The van der Waals surface area contributed by atoms with Crippen LogP contribution in [0.1, 0.15) is 23.7 Å². The zero-order valence-electron chi connectivity index (χ0n) is 6.47. The maximum atomic E-state index is 12.4. The van der Waals surface area contributed by atoms with E-state index in [0.29, 0.717) is 6.42 Å². The highest BCUT2D eigenvalue weighted by atomic mass is 35.5. The number of pyridine rings is 1. The van der Waals surface area contributed by atoms with Crippen LogP contribution in [0.2, 0.25) is 5.15 Å². The van der Waals surface area contributed by atoms with Crippen LogP contribution in [-0.4, -0.2) is 10.8 Å². The molecule has 0 aromatic carbocycles. The summed E-state index contributed by atoms with van der Waals surface area (Å²) in [6.45, 7) is 1.71. The van der Waals surface area contributed by atoms with Gasteiger partial charge in [-0.05, 0) is 12.1 Å². The number of halogens is 2. The minimum Gasteiger partial charge on any atom is -0.294 e. The minimum atomic E-state index is -0.673. The maximum Gasteiger partial charge on any atom is 0.214 e. The van der Waals surface area contributed by atoms with Gasteiger partial charge in [0, 0.05) is 6.42 Å². The van der Waals surface area contributed by atoms with Crippen molar-refractivity contribution in [1.82, 2.24) is 4.98 Å². The van der Waals surface area contributed by atoms with Gasteiger partial charge in [-0.1, -0.05) is 18.5 Å². The van der Waals surface area contributed by atoms with Crippen LogP contribution >= 0.6 is 11.6 Å². The highest BCUT2D eigenvalue weighted by Crippen LogP contribution is 2.14. The summed E-state index contributed by atoms with van der Waals surface area (Å²) in [7, 11) is 0. The first kappa shape index (κ1) is 9.13. The van der Waals surface area contributed by atoms with Gasteiger partial charge in [0.25, 0.3) is 0 Å². The average Bonchev–Trinajstić information content (AvgIpc) is 2.03. The van der Waals surface area contributed by atoms with Crippen LogP contribution in [0.4, 0.5) is 4.39 Å². The van der Waals surface area contributed by atoms with Gasteiger partial charge in [0.05, 0.1) is 5.56 Å². The van der Waals surface area contributed by atoms with Crippen LogP contribution in [0.15, 0.2) is 12.1 Å². The summed E-state index contributed by atoms with van der Waals surface area (Å²) < 4.78 is 12.4. The van der Waals surface area contributed by atoms with E-state index in [-0.39, 0.29) is 16.5 Å². The first-order chi connectivity index (χ1) is 5.65. The standard InChI is InChI=1S/C8H7ClFNO/c1-2-6(12)5-3-4-7(10)11-8(5)9/h3-4H,2H2,1H3. The monoisotopic (exact) mass is 187 g/mol. The van der Waals surface area contributed by atoms with E-state index in [1.807, 2.05) is 0 Å². The lowest BCUT2D eigenvalue weighted by atomic mass is 10.1. The third-order valence-electron chi connectivity index (χ3n) is 1.44. The molecule has 0 spiro atoms. The molecule has 0 saturated carbocycles. The van der Waals surface area contributed by atoms with Crippen molar-refractivity contribution >= 4 is 17.4 Å². The number of aromatic nitrogens is 1. The van der Waals surface area contributed by atoms with E-state index in [4.69, 9.17) is 11.6 Å². The van der Waals surface area contributed by atoms with Crippen molar-refractivity contribution in [2.75, 3.05) is 0 Å². The molecule has 0 aliphatic heterocycles. The fraction of sp³-hybridized carbons (Fsp3) is 0.250. The van der Waals surface area contributed by atoms with E-state index >= 15 is 0 Å². The van der Waals surface area contributed by atoms with Crippen LogP contribution in [-0.2, 0) is 0 Å². The predicted octanol–water partition coefficient (Wildman–Crippen LogP) is 2.47. The third kappa shape index (κ3) is 1.80. The summed E-state index contributed by atoms with van der Waals surface area (Å²) in [6, 6.07) is 2.46. The molecule has 0 N–H and O–H groups in total. The van der Waals surface area contributed by atoms with Crippen molar-refractivity contribution in [3.8, 4) is 0 Å². The maximum absolute atomic E-state index is 12.4.